The Morgan fingerprint density at radius 3 is 2.42 bits per heavy atom. The first-order valence-electron chi connectivity index (χ1n) is 11.5. The van der Waals surface area contributed by atoms with Gasteiger partial charge in [-0.25, -0.2) is 0 Å². The lowest BCUT2D eigenvalue weighted by Crippen LogP contribution is -2.43. The molecule has 1 fully saturated rings. The van der Waals surface area contributed by atoms with Crippen LogP contribution >= 0.6 is 0 Å². The molecule has 2 aromatic carbocycles. The maximum atomic E-state index is 12.8. The lowest BCUT2D eigenvalue weighted by atomic mass is 9.85. The van der Waals surface area contributed by atoms with Crippen LogP contribution in [0.3, 0.4) is 0 Å². The average molecular weight is 447 g/mol. The summed E-state index contributed by atoms with van der Waals surface area (Å²) in [6, 6.07) is 15.1. The van der Waals surface area contributed by atoms with Gasteiger partial charge in [0.15, 0.2) is 0 Å². The van der Waals surface area contributed by atoms with Crippen LogP contribution in [0.5, 0.6) is 0 Å². The van der Waals surface area contributed by atoms with Crippen molar-refractivity contribution in [2.45, 2.75) is 58.5 Å². The number of nitrogens with one attached hydrogen (secondary N) is 2. The van der Waals surface area contributed by atoms with Crippen LogP contribution in [0.25, 0.3) is 22.9 Å². The van der Waals surface area contributed by atoms with E-state index in [2.05, 4.69) is 20.8 Å². The highest BCUT2D eigenvalue weighted by atomic mass is 16.4. The molecule has 1 saturated carbocycles. The Morgan fingerprint density at radius 2 is 1.73 bits per heavy atom. The molecule has 0 aliphatic heterocycles. The summed E-state index contributed by atoms with van der Waals surface area (Å²) in [6.45, 7) is 5.93. The van der Waals surface area contributed by atoms with Gasteiger partial charge in [-0.2, -0.15) is 0 Å². The van der Waals surface area contributed by atoms with Crippen LogP contribution in [0, 0.1) is 12.8 Å². The first-order chi connectivity index (χ1) is 15.9. The fraction of sp³-hybridized carbons (Fsp3) is 0.385. The van der Waals surface area contributed by atoms with Gasteiger partial charge in [-0.05, 0) is 76.4 Å². The molecule has 1 aliphatic carbocycles. The molecule has 3 aromatic rings. The molecule has 0 bridgehead atoms. The molecule has 2 unspecified atom stereocenters. The van der Waals surface area contributed by atoms with Crippen LogP contribution in [-0.2, 0) is 4.79 Å². The lowest BCUT2D eigenvalue weighted by molar-refractivity contribution is -0.126. The van der Waals surface area contributed by atoms with Crippen molar-refractivity contribution in [3.05, 3.63) is 59.7 Å². The van der Waals surface area contributed by atoms with Gasteiger partial charge in [0.25, 0.3) is 5.91 Å². The first kappa shape index (κ1) is 22.7. The van der Waals surface area contributed by atoms with Crippen molar-refractivity contribution in [2.75, 3.05) is 0 Å². The molecule has 2 amide bonds. The SMILES string of the molecule is Cc1cccc(-c2nnc(-c3ccc(C(=O)NC4CCCC(C(=O)NC(C)C)C4)cc3)o2)c1. The molecule has 4 rings (SSSR count). The summed E-state index contributed by atoms with van der Waals surface area (Å²) in [7, 11) is 0. The molecule has 0 saturated heterocycles. The van der Waals surface area contributed by atoms with Crippen LogP contribution in [-0.4, -0.2) is 34.1 Å². The van der Waals surface area contributed by atoms with E-state index in [1.54, 1.807) is 12.1 Å². The predicted octanol–water partition coefficient (Wildman–Crippen LogP) is 4.53. The van der Waals surface area contributed by atoms with Crippen LogP contribution in [0.15, 0.2) is 52.9 Å². The fourth-order valence-corrected chi connectivity index (χ4v) is 4.23. The monoisotopic (exact) mass is 446 g/mol. The van der Waals surface area contributed by atoms with Gasteiger partial charge in [-0.3, -0.25) is 9.59 Å². The molecule has 2 N–H and O–H groups in total. The molecule has 7 nitrogen and oxygen atoms in total. The number of rotatable bonds is 6. The molecule has 1 aliphatic rings. The highest BCUT2D eigenvalue weighted by Gasteiger charge is 2.28. The van der Waals surface area contributed by atoms with E-state index in [9.17, 15) is 9.59 Å². The Hall–Kier alpha value is -3.48. The molecular weight excluding hydrogens is 416 g/mol. The average Bonchev–Trinajstić information content (AvgIpc) is 3.29. The molecule has 172 valence electrons. The van der Waals surface area contributed by atoms with Crippen molar-refractivity contribution >= 4 is 11.8 Å². The van der Waals surface area contributed by atoms with E-state index in [1.807, 2.05) is 57.2 Å². The van der Waals surface area contributed by atoms with Crippen molar-refractivity contribution in [2.24, 2.45) is 5.92 Å². The molecule has 33 heavy (non-hydrogen) atoms. The minimum atomic E-state index is -0.137. The smallest absolute Gasteiger partial charge is 0.251 e. The number of nitrogens with zero attached hydrogens (tertiary/aromatic N) is 2. The van der Waals surface area contributed by atoms with Crippen LogP contribution < -0.4 is 10.6 Å². The summed E-state index contributed by atoms with van der Waals surface area (Å²) in [4.78, 5) is 25.1. The van der Waals surface area contributed by atoms with Crippen molar-refractivity contribution in [1.29, 1.82) is 0 Å². The topological polar surface area (TPSA) is 97.1 Å². The Kier molecular flexibility index (Phi) is 6.87. The van der Waals surface area contributed by atoms with Gasteiger partial charge in [0.05, 0.1) is 0 Å². The second-order valence-electron chi connectivity index (χ2n) is 9.06. The molecular formula is C26H30N4O3. The second kappa shape index (κ2) is 9.98. The van der Waals surface area contributed by atoms with Gasteiger partial charge in [0.2, 0.25) is 17.7 Å². The highest BCUT2D eigenvalue weighted by Crippen LogP contribution is 2.26. The third-order valence-corrected chi connectivity index (χ3v) is 5.90. The zero-order valence-corrected chi connectivity index (χ0v) is 19.3. The molecule has 1 aromatic heterocycles. The Bertz CT molecular complexity index is 1120. The zero-order chi connectivity index (χ0) is 23.4. The molecule has 1 heterocycles. The minimum Gasteiger partial charge on any atom is -0.416 e. The van der Waals surface area contributed by atoms with E-state index < -0.39 is 0 Å². The molecule has 0 radical (unpaired) electrons. The van der Waals surface area contributed by atoms with Crippen molar-refractivity contribution in [1.82, 2.24) is 20.8 Å². The molecule has 7 heteroatoms. The van der Waals surface area contributed by atoms with Gasteiger partial charge in [0.1, 0.15) is 0 Å². The lowest BCUT2D eigenvalue weighted by Gasteiger charge is -2.29. The number of hydrogen-bond donors (Lipinski definition) is 2. The van der Waals surface area contributed by atoms with Crippen molar-refractivity contribution in [3.63, 3.8) is 0 Å². The number of amides is 2. The van der Waals surface area contributed by atoms with Gasteiger partial charge in [-0.1, -0.05) is 24.1 Å². The first-order valence-corrected chi connectivity index (χ1v) is 11.5. The van der Waals surface area contributed by atoms with Gasteiger partial charge < -0.3 is 15.1 Å². The molecule has 2 atom stereocenters. The van der Waals surface area contributed by atoms with E-state index in [0.29, 0.717) is 23.8 Å². The standard InChI is InChI=1S/C26H30N4O3/c1-16(2)27-24(32)20-7-5-9-22(15-20)28-23(31)18-10-12-19(13-11-18)25-29-30-26(33-25)21-8-4-6-17(3)14-21/h4,6,8,10-14,16,20,22H,5,7,9,15H2,1-3H3,(H,27,32)(H,28,31). The normalized spacial score (nSPS) is 18.2. The number of aryl methyl sites for hydroxylation is 1. The van der Waals surface area contributed by atoms with E-state index in [4.69, 9.17) is 4.42 Å². The third-order valence-electron chi connectivity index (χ3n) is 5.90. The van der Waals surface area contributed by atoms with E-state index in [-0.39, 0.29) is 29.8 Å². The highest BCUT2D eigenvalue weighted by molar-refractivity contribution is 5.94. The second-order valence-corrected chi connectivity index (χ2v) is 9.06. The number of carbonyl (C=O) groups excluding carboxylic acids is 2. The van der Waals surface area contributed by atoms with Crippen LogP contribution in [0.4, 0.5) is 0 Å². The predicted molar refractivity (Wildman–Crippen MR) is 126 cm³/mol. The number of carbonyl (C=O) groups is 2. The Labute approximate surface area is 194 Å². The number of aromatic nitrogens is 2. The van der Waals surface area contributed by atoms with Crippen LogP contribution in [0.1, 0.15) is 55.5 Å². The maximum absolute atomic E-state index is 12.8. The summed E-state index contributed by atoms with van der Waals surface area (Å²) >= 11 is 0. The zero-order valence-electron chi connectivity index (χ0n) is 19.3. The van der Waals surface area contributed by atoms with E-state index in [1.165, 1.54) is 0 Å². The number of benzene rings is 2. The molecule has 0 spiro atoms. The van der Waals surface area contributed by atoms with Gasteiger partial charge >= 0.3 is 0 Å². The van der Waals surface area contributed by atoms with Crippen molar-refractivity contribution in [3.8, 4) is 22.9 Å². The van der Waals surface area contributed by atoms with E-state index in [0.717, 1.165) is 36.0 Å². The van der Waals surface area contributed by atoms with E-state index >= 15 is 0 Å². The Morgan fingerprint density at radius 1 is 1.00 bits per heavy atom. The summed E-state index contributed by atoms with van der Waals surface area (Å²) in [5, 5.41) is 14.4. The maximum Gasteiger partial charge on any atom is 0.251 e. The van der Waals surface area contributed by atoms with Crippen LogP contribution in [0.2, 0.25) is 0 Å². The summed E-state index contributed by atoms with van der Waals surface area (Å²) in [5.74, 6) is 0.767. The third kappa shape index (κ3) is 5.66. The summed E-state index contributed by atoms with van der Waals surface area (Å²) in [6.07, 6.45) is 3.36. The number of hydrogen-bond acceptors (Lipinski definition) is 5. The van der Waals surface area contributed by atoms with Gasteiger partial charge in [0, 0.05) is 34.7 Å². The largest absolute Gasteiger partial charge is 0.416 e. The minimum absolute atomic E-state index is 0.00154. The summed E-state index contributed by atoms with van der Waals surface area (Å²) < 4.78 is 5.83. The Balaban J connectivity index is 1.38. The quantitative estimate of drug-likeness (QED) is 0.580. The van der Waals surface area contributed by atoms with Crippen molar-refractivity contribution < 1.29 is 14.0 Å². The summed E-state index contributed by atoms with van der Waals surface area (Å²) in [5.41, 5.74) is 3.30. The van der Waals surface area contributed by atoms with Gasteiger partial charge in [-0.15, -0.1) is 10.2 Å². The fourth-order valence-electron chi connectivity index (χ4n) is 4.23.